The Morgan fingerprint density at radius 2 is 2.17 bits per heavy atom. The maximum atomic E-state index is 5.89. The smallest absolute Gasteiger partial charge is 0.173 e. The first kappa shape index (κ1) is 16.4. The molecule has 0 saturated carbocycles. The van der Waals surface area contributed by atoms with Crippen molar-refractivity contribution in [3.8, 4) is 0 Å². The van der Waals surface area contributed by atoms with E-state index >= 15 is 0 Å². The predicted molar refractivity (Wildman–Crippen MR) is 97.8 cm³/mol. The lowest BCUT2D eigenvalue weighted by atomic mass is 10.1. The second-order valence-corrected chi connectivity index (χ2v) is 6.53. The van der Waals surface area contributed by atoms with Crippen LogP contribution in [0, 0.1) is 0 Å². The van der Waals surface area contributed by atoms with Crippen LogP contribution in [-0.4, -0.2) is 33.3 Å². The van der Waals surface area contributed by atoms with E-state index in [-0.39, 0.29) is 17.9 Å². The molecule has 1 aromatic heterocycles. The minimum Gasteiger partial charge on any atom is -0.343 e. The third-order valence-corrected chi connectivity index (χ3v) is 5.31. The molecule has 1 aliphatic carbocycles. The van der Waals surface area contributed by atoms with E-state index in [2.05, 4.69) is 46.5 Å². The molecule has 5 nitrogen and oxygen atoms in total. The van der Waals surface area contributed by atoms with Gasteiger partial charge in [0.05, 0.1) is 11.4 Å². The fourth-order valence-electron chi connectivity index (χ4n) is 2.66. The lowest BCUT2D eigenvalue weighted by Gasteiger charge is -2.19. The first-order valence-corrected chi connectivity index (χ1v) is 8.39. The van der Waals surface area contributed by atoms with Crippen LogP contribution in [0.5, 0.6) is 0 Å². The van der Waals surface area contributed by atoms with Gasteiger partial charge in [0.2, 0.25) is 0 Å². The summed E-state index contributed by atoms with van der Waals surface area (Å²) in [6.45, 7) is 0. The van der Waals surface area contributed by atoms with Gasteiger partial charge in [-0.3, -0.25) is 4.99 Å². The number of nitrogens with zero attached hydrogens (tertiary/aromatic N) is 5. The Balaban J connectivity index is 0.00000156. The number of aliphatic imine (C=N–C) groups is 1. The number of alkyl halides is 1. The van der Waals surface area contributed by atoms with Crippen LogP contribution >= 0.6 is 35.8 Å². The molecule has 23 heavy (non-hydrogen) atoms. The van der Waals surface area contributed by atoms with Crippen LogP contribution in [0.4, 0.5) is 5.69 Å². The predicted octanol–water partition coefficient (Wildman–Crippen LogP) is 3.43. The summed E-state index contributed by atoms with van der Waals surface area (Å²) in [5, 5.41) is 8.16. The van der Waals surface area contributed by atoms with Crippen molar-refractivity contribution < 1.29 is 0 Å². The van der Waals surface area contributed by atoms with Crippen molar-refractivity contribution in [2.45, 2.75) is 22.8 Å². The number of fused-ring (bicyclic) bond motifs is 2. The Morgan fingerprint density at radius 1 is 1.35 bits per heavy atom. The van der Waals surface area contributed by atoms with Crippen molar-refractivity contribution >= 4 is 53.2 Å². The molecule has 0 fully saturated rings. The molecular formula is C15H15Cl2N5S. The number of aromatic nitrogens is 3. The Bertz CT molecular complexity index is 786. The topological polar surface area (TPSA) is 46.3 Å². The van der Waals surface area contributed by atoms with Crippen molar-refractivity contribution in [2.75, 3.05) is 11.9 Å². The summed E-state index contributed by atoms with van der Waals surface area (Å²) in [5.41, 5.74) is 4.24. The second-order valence-electron chi connectivity index (χ2n) is 5.19. The molecule has 2 aliphatic rings. The number of hydrogen-bond acceptors (Lipinski definition) is 5. The fourth-order valence-corrected chi connectivity index (χ4v) is 4.03. The molecule has 120 valence electrons. The van der Waals surface area contributed by atoms with Crippen LogP contribution in [0.2, 0.25) is 0 Å². The average molecular weight is 368 g/mol. The SMILES string of the molecule is CN1c2ccccc2SC1N=C1C=Cc2nnn(CCl)c2C1.Cl. The van der Waals surface area contributed by atoms with Gasteiger partial charge in [0.1, 0.15) is 11.7 Å². The Kier molecular flexibility index (Phi) is 4.66. The quantitative estimate of drug-likeness (QED) is 0.762. The van der Waals surface area contributed by atoms with Gasteiger partial charge >= 0.3 is 0 Å². The van der Waals surface area contributed by atoms with Gasteiger partial charge in [-0.25, -0.2) is 4.68 Å². The van der Waals surface area contributed by atoms with Gasteiger partial charge in [0.15, 0.2) is 5.50 Å². The maximum absolute atomic E-state index is 5.89. The standard InChI is InChI=1S/C15H14ClN5S.ClH/c1-20-12-4-2-3-5-14(12)22-15(20)17-10-6-7-11-13(8-10)21(9-16)19-18-11;/h2-7,15H,8-9H2,1H3;1H. The van der Waals surface area contributed by atoms with E-state index in [1.54, 1.807) is 16.4 Å². The third-order valence-electron chi connectivity index (χ3n) is 3.85. The molecule has 0 amide bonds. The van der Waals surface area contributed by atoms with Gasteiger partial charge in [-0.15, -0.1) is 29.1 Å². The summed E-state index contributed by atoms with van der Waals surface area (Å²) in [6, 6.07) is 8.70. The molecule has 1 atom stereocenters. The van der Waals surface area contributed by atoms with E-state index in [1.165, 1.54) is 10.6 Å². The monoisotopic (exact) mass is 367 g/mol. The minimum absolute atomic E-state index is 0. The molecule has 4 rings (SSSR count). The highest BCUT2D eigenvalue weighted by atomic mass is 35.5. The van der Waals surface area contributed by atoms with Crippen LogP contribution in [0.25, 0.3) is 6.08 Å². The first-order valence-electron chi connectivity index (χ1n) is 6.98. The number of hydrogen-bond donors (Lipinski definition) is 0. The normalized spacial score (nSPS) is 20.3. The Morgan fingerprint density at radius 3 is 2.96 bits per heavy atom. The number of benzene rings is 1. The number of allylic oxidation sites excluding steroid dienone is 1. The van der Waals surface area contributed by atoms with Gasteiger partial charge in [-0.05, 0) is 24.3 Å². The Labute approximate surface area is 149 Å². The number of thioether (sulfide) groups is 1. The molecule has 0 spiro atoms. The highest BCUT2D eigenvalue weighted by molar-refractivity contribution is 8.00. The lowest BCUT2D eigenvalue weighted by Crippen LogP contribution is -2.24. The molecule has 1 aliphatic heterocycles. The van der Waals surface area contributed by atoms with Gasteiger partial charge in [-0.2, -0.15) is 0 Å². The molecule has 1 aromatic carbocycles. The summed E-state index contributed by atoms with van der Waals surface area (Å²) in [4.78, 5) is 8.36. The van der Waals surface area contributed by atoms with Crippen LogP contribution < -0.4 is 4.90 Å². The fraction of sp³-hybridized carbons (Fsp3) is 0.267. The van der Waals surface area contributed by atoms with Crippen molar-refractivity contribution in [2.24, 2.45) is 4.99 Å². The van der Waals surface area contributed by atoms with Crippen LogP contribution in [-0.2, 0) is 12.4 Å². The zero-order chi connectivity index (χ0) is 15.1. The van der Waals surface area contributed by atoms with Crippen molar-refractivity contribution in [3.63, 3.8) is 0 Å². The lowest BCUT2D eigenvalue weighted by molar-refractivity contribution is 0.672. The number of anilines is 1. The summed E-state index contributed by atoms with van der Waals surface area (Å²) < 4.78 is 1.72. The highest BCUT2D eigenvalue weighted by Gasteiger charge is 2.27. The Hall–Kier alpha value is -1.50. The largest absolute Gasteiger partial charge is 0.343 e. The third kappa shape index (κ3) is 2.86. The molecule has 0 N–H and O–H groups in total. The van der Waals surface area contributed by atoms with E-state index < -0.39 is 0 Å². The first-order chi connectivity index (χ1) is 10.8. The molecular weight excluding hydrogens is 353 g/mol. The zero-order valence-corrected chi connectivity index (χ0v) is 14.8. The maximum Gasteiger partial charge on any atom is 0.173 e. The van der Waals surface area contributed by atoms with Crippen molar-refractivity contribution in [1.82, 2.24) is 15.0 Å². The molecule has 8 heteroatoms. The van der Waals surface area contributed by atoms with Crippen molar-refractivity contribution in [3.05, 3.63) is 41.7 Å². The number of halogens is 2. The van der Waals surface area contributed by atoms with Gasteiger partial charge in [-0.1, -0.05) is 29.1 Å². The van der Waals surface area contributed by atoms with Gasteiger partial charge in [0.25, 0.3) is 0 Å². The molecule has 2 heterocycles. The molecule has 0 radical (unpaired) electrons. The molecule has 0 bridgehead atoms. The summed E-state index contributed by atoms with van der Waals surface area (Å²) >= 11 is 7.66. The second kappa shape index (κ2) is 6.55. The minimum atomic E-state index is 0. The van der Waals surface area contributed by atoms with E-state index in [0.717, 1.165) is 17.1 Å². The summed E-state index contributed by atoms with van der Waals surface area (Å²) in [7, 11) is 2.08. The van der Waals surface area contributed by atoms with Gasteiger partial charge < -0.3 is 4.90 Å². The summed E-state index contributed by atoms with van der Waals surface area (Å²) in [6.07, 6.45) is 4.69. The van der Waals surface area contributed by atoms with Crippen LogP contribution in [0.3, 0.4) is 0 Å². The average Bonchev–Trinajstić information content (AvgIpc) is 3.09. The summed E-state index contributed by atoms with van der Waals surface area (Å²) in [5.74, 6) is 0. The zero-order valence-electron chi connectivity index (χ0n) is 12.4. The van der Waals surface area contributed by atoms with E-state index in [0.29, 0.717) is 12.4 Å². The van der Waals surface area contributed by atoms with E-state index in [4.69, 9.17) is 16.6 Å². The van der Waals surface area contributed by atoms with Crippen LogP contribution in [0.15, 0.2) is 40.2 Å². The number of rotatable bonds is 2. The van der Waals surface area contributed by atoms with E-state index in [1.807, 2.05) is 12.2 Å². The molecule has 0 saturated heterocycles. The van der Waals surface area contributed by atoms with E-state index in [9.17, 15) is 0 Å². The highest BCUT2D eigenvalue weighted by Crippen LogP contribution is 2.42. The van der Waals surface area contributed by atoms with Crippen LogP contribution in [0.1, 0.15) is 11.4 Å². The van der Waals surface area contributed by atoms with Crippen molar-refractivity contribution in [1.29, 1.82) is 0 Å². The number of para-hydroxylation sites is 1. The molecule has 2 aromatic rings. The molecule has 1 unspecified atom stereocenters. The van der Waals surface area contributed by atoms with Gasteiger partial charge in [0, 0.05) is 24.1 Å².